The van der Waals surface area contributed by atoms with E-state index in [0.717, 1.165) is 19.0 Å². The largest absolute Gasteiger partial charge is 0.299 e. The summed E-state index contributed by atoms with van der Waals surface area (Å²) in [5, 5.41) is 0. The molecule has 0 radical (unpaired) electrons. The molecule has 0 aromatic rings. The molecule has 0 heterocycles. The van der Waals surface area contributed by atoms with Crippen molar-refractivity contribution in [2.45, 2.75) is 44.6 Å². The number of likely N-dealkylation sites (N-methyl/N-ethyl adjacent to an activating group) is 1. The molecule has 0 aliphatic heterocycles. The number of nitrogens with zero attached hydrogens (tertiary/aromatic N) is 1. The Bertz CT molecular complexity index is 293. The molecule has 1 fully saturated rings. The van der Waals surface area contributed by atoms with E-state index in [1.807, 2.05) is 0 Å². The minimum atomic E-state index is 0.815. The molecule has 0 N–H and O–H groups in total. The molecule has 0 atom stereocenters. The SMILES string of the molecule is CN(CC1=CC=CCC=C1)C1CCCCC1. The highest BCUT2D eigenvalue weighted by molar-refractivity contribution is 5.28. The Labute approximate surface area is 99.5 Å². The van der Waals surface area contributed by atoms with E-state index in [-0.39, 0.29) is 0 Å². The summed E-state index contributed by atoms with van der Waals surface area (Å²) in [6, 6.07) is 0.815. The molecule has 0 aromatic carbocycles. The fourth-order valence-electron chi connectivity index (χ4n) is 2.67. The van der Waals surface area contributed by atoms with E-state index in [1.54, 1.807) is 0 Å². The summed E-state index contributed by atoms with van der Waals surface area (Å²) in [6.07, 6.45) is 19.3. The first kappa shape index (κ1) is 11.7. The fraction of sp³-hybridized carbons (Fsp3) is 0.600. The lowest BCUT2D eigenvalue weighted by Crippen LogP contribution is -2.34. The highest BCUT2D eigenvalue weighted by Gasteiger charge is 2.17. The van der Waals surface area contributed by atoms with Gasteiger partial charge in [-0.3, -0.25) is 4.90 Å². The van der Waals surface area contributed by atoms with Gasteiger partial charge in [0.05, 0.1) is 0 Å². The molecule has 2 rings (SSSR count). The maximum atomic E-state index is 2.54. The van der Waals surface area contributed by atoms with Crippen LogP contribution < -0.4 is 0 Å². The van der Waals surface area contributed by atoms with Crippen LogP contribution in [0.4, 0.5) is 0 Å². The molecule has 0 aromatic heterocycles. The molecule has 1 heteroatoms. The fourth-order valence-corrected chi connectivity index (χ4v) is 2.67. The van der Waals surface area contributed by atoms with Crippen LogP contribution in [0.25, 0.3) is 0 Å². The van der Waals surface area contributed by atoms with Crippen molar-refractivity contribution in [1.29, 1.82) is 0 Å². The Kier molecular flexibility index (Phi) is 4.41. The summed E-state index contributed by atoms with van der Waals surface area (Å²) in [5.41, 5.74) is 1.45. The van der Waals surface area contributed by atoms with Crippen molar-refractivity contribution in [3.8, 4) is 0 Å². The van der Waals surface area contributed by atoms with Gasteiger partial charge in [0.2, 0.25) is 0 Å². The lowest BCUT2D eigenvalue weighted by atomic mass is 9.94. The van der Waals surface area contributed by atoms with Crippen molar-refractivity contribution in [2.24, 2.45) is 0 Å². The number of hydrogen-bond acceptors (Lipinski definition) is 1. The lowest BCUT2D eigenvalue weighted by Gasteiger charge is -2.31. The molecule has 1 nitrogen and oxygen atoms in total. The van der Waals surface area contributed by atoms with Crippen molar-refractivity contribution >= 4 is 0 Å². The highest BCUT2D eigenvalue weighted by atomic mass is 15.1. The van der Waals surface area contributed by atoms with Crippen molar-refractivity contribution in [3.05, 3.63) is 36.0 Å². The van der Waals surface area contributed by atoms with Gasteiger partial charge in [-0.05, 0) is 31.9 Å². The first-order chi connectivity index (χ1) is 7.86. The minimum absolute atomic E-state index is 0.815. The Morgan fingerprint density at radius 1 is 1.19 bits per heavy atom. The summed E-state index contributed by atoms with van der Waals surface area (Å²) in [6.45, 7) is 1.10. The summed E-state index contributed by atoms with van der Waals surface area (Å²) in [7, 11) is 2.28. The van der Waals surface area contributed by atoms with Crippen LogP contribution in [0.15, 0.2) is 36.0 Å². The van der Waals surface area contributed by atoms with Gasteiger partial charge in [-0.1, -0.05) is 49.6 Å². The van der Waals surface area contributed by atoms with Gasteiger partial charge in [0.15, 0.2) is 0 Å². The lowest BCUT2D eigenvalue weighted by molar-refractivity contribution is 0.206. The Balaban J connectivity index is 1.87. The van der Waals surface area contributed by atoms with Crippen LogP contribution in [0.2, 0.25) is 0 Å². The highest BCUT2D eigenvalue weighted by Crippen LogP contribution is 2.22. The van der Waals surface area contributed by atoms with Gasteiger partial charge in [-0.25, -0.2) is 0 Å². The quantitative estimate of drug-likeness (QED) is 0.697. The molecule has 0 bridgehead atoms. The smallest absolute Gasteiger partial charge is 0.0233 e. The van der Waals surface area contributed by atoms with Gasteiger partial charge in [0.1, 0.15) is 0 Å². The van der Waals surface area contributed by atoms with E-state index >= 15 is 0 Å². The molecule has 2 aliphatic rings. The van der Waals surface area contributed by atoms with Crippen LogP contribution in [0, 0.1) is 0 Å². The number of rotatable bonds is 3. The molecule has 0 saturated heterocycles. The van der Waals surface area contributed by atoms with Crippen LogP contribution in [-0.4, -0.2) is 24.5 Å². The van der Waals surface area contributed by atoms with E-state index in [2.05, 4.69) is 42.3 Å². The van der Waals surface area contributed by atoms with E-state index in [9.17, 15) is 0 Å². The monoisotopic (exact) mass is 217 g/mol. The second-order valence-electron chi connectivity index (χ2n) is 5.01. The first-order valence-corrected chi connectivity index (χ1v) is 6.59. The predicted octanol–water partition coefficient (Wildman–Crippen LogP) is 3.69. The zero-order valence-corrected chi connectivity index (χ0v) is 10.4. The average Bonchev–Trinajstić information content (AvgIpc) is 2.59. The maximum Gasteiger partial charge on any atom is 0.0233 e. The van der Waals surface area contributed by atoms with Crippen LogP contribution >= 0.6 is 0 Å². The molecule has 1 saturated carbocycles. The standard InChI is InChI=1S/C15H23N/c1-16(15-11-7-4-8-12-15)13-14-9-5-2-3-6-10-14/h2,5-6,9-10,15H,3-4,7-8,11-13H2,1H3. The van der Waals surface area contributed by atoms with Gasteiger partial charge in [0, 0.05) is 12.6 Å². The third-order valence-corrected chi connectivity index (χ3v) is 3.68. The van der Waals surface area contributed by atoms with Crippen molar-refractivity contribution in [1.82, 2.24) is 4.90 Å². The maximum absolute atomic E-state index is 2.54. The van der Waals surface area contributed by atoms with E-state index in [1.165, 1.54) is 37.7 Å². The zero-order chi connectivity index (χ0) is 11.2. The van der Waals surface area contributed by atoms with E-state index in [4.69, 9.17) is 0 Å². The summed E-state index contributed by atoms with van der Waals surface area (Å²) in [4.78, 5) is 2.54. The number of allylic oxidation sites excluding steroid dienone is 4. The topological polar surface area (TPSA) is 3.24 Å². The Morgan fingerprint density at radius 2 is 2.00 bits per heavy atom. The molecule has 2 aliphatic carbocycles. The Morgan fingerprint density at radius 3 is 2.81 bits per heavy atom. The summed E-state index contributed by atoms with van der Waals surface area (Å²) >= 11 is 0. The van der Waals surface area contributed by atoms with Gasteiger partial charge in [-0.15, -0.1) is 0 Å². The normalized spacial score (nSPS) is 22.2. The Hall–Kier alpha value is -0.820. The van der Waals surface area contributed by atoms with Gasteiger partial charge < -0.3 is 0 Å². The molecular formula is C15H23N. The summed E-state index contributed by atoms with van der Waals surface area (Å²) < 4.78 is 0. The molecule has 16 heavy (non-hydrogen) atoms. The van der Waals surface area contributed by atoms with Crippen molar-refractivity contribution < 1.29 is 0 Å². The average molecular weight is 217 g/mol. The molecule has 0 spiro atoms. The van der Waals surface area contributed by atoms with Crippen molar-refractivity contribution in [3.63, 3.8) is 0 Å². The molecular weight excluding hydrogens is 194 g/mol. The second-order valence-corrected chi connectivity index (χ2v) is 5.01. The van der Waals surface area contributed by atoms with Crippen LogP contribution in [0.1, 0.15) is 38.5 Å². The zero-order valence-electron chi connectivity index (χ0n) is 10.4. The molecule has 88 valence electrons. The van der Waals surface area contributed by atoms with Crippen LogP contribution in [0.3, 0.4) is 0 Å². The number of hydrogen-bond donors (Lipinski definition) is 0. The van der Waals surface area contributed by atoms with Crippen LogP contribution in [-0.2, 0) is 0 Å². The second kappa shape index (κ2) is 6.05. The van der Waals surface area contributed by atoms with Gasteiger partial charge >= 0.3 is 0 Å². The van der Waals surface area contributed by atoms with Gasteiger partial charge in [-0.2, -0.15) is 0 Å². The van der Waals surface area contributed by atoms with Crippen LogP contribution in [0.5, 0.6) is 0 Å². The molecule has 0 amide bonds. The first-order valence-electron chi connectivity index (χ1n) is 6.59. The van der Waals surface area contributed by atoms with Gasteiger partial charge in [0.25, 0.3) is 0 Å². The predicted molar refractivity (Wildman–Crippen MR) is 70.5 cm³/mol. The third-order valence-electron chi connectivity index (χ3n) is 3.68. The third kappa shape index (κ3) is 3.34. The molecule has 0 unspecified atom stereocenters. The minimum Gasteiger partial charge on any atom is -0.299 e. The summed E-state index contributed by atoms with van der Waals surface area (Å²) in [5.74, 6) is 0. The van der Waals surface area contributed by atoms with Crippen molar-refractivity contribution in [2.75, 3.05) is 13.6 Å². The van der Waals surface area contributed by atoms with E-state index < -0.39 is 0 Å². The van der Waals surface area contributed by atoms with E-state index in [0.29, 0.717) is 0 Å².